The molecular formula is C20H22FNO4S. The van der Waals surface area contributed by atoms with Crippen LogP contribution in [-0.2, 0) is 21.1 Å². The third-order valence-electron chi connectivity index (χ3n) is 4.88. The first-order chi connectivity index (χ1) is 12.9. The van der Waals surface area contributed by atoms with Crippen molar-refractivity contribution in [3.8, 4) is 5.75 Å². The fourth-order valence-electron chi connectivity index (χ4n) is 3.40. The Labute approximate surface area is 158 Å². The lowest BCUT2D eigenvalue weighted by atomic mass is 10.1. The highest BCUT2D eigenvalue weighted by molar-refractivity contribution is 7.91. The van der Waals surface area contributed by atoms with E-state index in [1.807, 2.05) is 18.2 Å². The first-order valence-electron chi connectivity index (χ1n) is 8.78. The average Bonchev–Trinajstić information content (AvgIpc) is 2.81. The van der Waals surface area contributed by atoms with E-state index in [1.54, 1.807) is 24.1 Å². The van der Waals surface area contributed by atoms with Crippen LogP contribution < -0.4 is 4.74 Å². The molecule has 1 amide bonds. The third kappa shape index (κ3) is 4.30. The molecule has 1 aliphatic rings. The van der Waals surface area contributed by atoms with Crippen LogP contribution in [0.25, 0.3) is 0 Å². The summed E-state index contributed by atoms with van der Waals surface area (Å²) in [5.41, 5.74) is 0.930. The summed E-state index contributed by atoms with van der Waals surface area (Å²) in [5, 5.41) is -0.928. The summed E-state index contributed by atoms with van der Waals surface area (Å²) in [6.07, 6.45) is 0.315. The largest absolute Gasteiger partial charge is 0.496 e. The number of methoxy groups -OCH3 is 1. The number of benzene rings is 2. The van der Waals surface area contributed by atoms with Crippen LogP contribution in [0.15, 0.2) is 48.5 Å². The Bertz CT molecular complexity index is 929. The van der Waals surface area contributed by atoms with Gasteiger partial charge < -0.3 is 9.64 Å². The van der Waals surface area contributed by atoms with E-state index >= 15 is 0 Å². The molecule has 27 heavy (non-hydrogen) atoms. The Morgan fingerprint density at radius 1 is 1.15 bits per heavy atom. The highest BCUT2D eigenvalue weighted by Crippen LogP contribution is 2.31. The van der Waals surface area contributed by atoms with Gasteiger partial charge in [0.15, 0.2) is 9.84 Å². The first kappa shape index (κ1) is 19.4. The smallest absolute Gasteiger partial charge is 0.227 e. The molecule has 2 aromatic rings. The predicted octanol–water partition coefficient (Wildman–Crippen LogP) is 2.77. The zero-order valence-corrected chi connectivity index (χ0v) is 15.9. The molecule has 0 unspecified atom stereocenters. The van der Waals surface area contributed by atoms with Gasteiger partial charge >= 0.3 is 0 Å². The van der Waals surface area contributed by atoms with E-state index < -0.39 is 20.9 Å². The highest BCUT2D eigenvalue weighted by Gasteiger charge is 2.34. The molecule has 0 spiro atoms. The lowest BCUT2D eigenvalue weighted by Gasteiger charge is -2.20. The number of sulfone groups is 1. The van der Waals surface area contributed by atoms with Gasteiger partial charge in [0.2, 0.25) is 5.91 Å². The van der Waals surface area contributed by atoms with Gasteiger partial charge in [-0.15, -0.1) is 0 Å². The van der Waals surface area contributed by atoms with E-state index in [0.29, 0.717) is 5.75 Å². The summed E-state index contributed by atoms with van der Waals surface area (Å²) in [6.45, 7) is 0.382. The molecule has 0 aromatic heterocycles. The molecule has 144 valence electrons. The Morgan fingerprint density at radius 2 is 1.85 bits per heavy atom. The van der Waals surface area contributed by atoms with E-state index in [0.717, 1.165) is 5.56 Å². The molecule has 7 heteroatoms. The lowest BCUT2D eigenvalue weighted by Crippen LogP contribution is -2.34. The van der Waals surface area contributed by atoms with Gasteiger partial charge in [-0.25, -0.2) is 12.8 Å². The number of amides is 1. The summed E-state index contributed by atoms with van der Waals surface area (Å²) < 4.78 is 44.7. The number of carbonyl (C=O) groups is 1. The Kier molecular flexibility index (Phi) is 5.79. The van der Waals surface area contributed by atoms with Crippen LogP contribution in [-0.4, -0.2) is 45.2 Å². The molecule has 1 fully saturated rings. The number of ether oxygens (including phenoxy) is 1. The fourth-order valence-corrected chi connectivity index (χ4v) is 5.20. The van der Waals surface area contributed by atoms with Gasteiger partial charge in [-0.1, -0.05) is 36.4 Å². The van der Waals surface area contributed by atoms with Gasteiger partial charge in [-0.3, -0.25) is 4.79 Å². The molecule has 0 bridgehead atoms. The molecule has 0 N–H and O–H groups in total. The number of nitrogens with zero attached hydrogens (tertiary/aromatic N) is 1. The summed E-state index contributed by atoms with van der Waals surface area (Å²) in [7, 11) is -2.00. The van der Waals surface area contributed by atoms with Gasteiger partial charge in [0.25, 0.3) is 0 Å². The van der Waals surface area contributed by atoms with Crippen molar-refractivity contribution >= 4 is 15.7 Å². The number of para-hydroxylation sites is 1. The molecule has 2 aromatic carbocycles. The normalized spacial score (nSPS) is 19.3. The van der Waals surface area contributed by atoms with Crippen molar-refractivity contribution in [2.75, 3.05) is 26.0 Å². The van der Waals surface area contributed by atoms with Crippen molar-refractivity contribution in [2.24, 2.45) is 0 Å². The first-order valence-corrected chi connectivity index (χ1v) is 10.5. The lowest BCUT2D eigenvalue weighted by molar-refractivity contribution is -0.130. The second kappa shape index (κ2) is 8.08. The Balaban J connectivity index is 1.77. The minimum absolute atomic E-state index is 0.112. The van der Waals surface area contributed by atoms with E-state index in [-0.39, 0.29) is 43.2 Å². The molecule has 0 radical (unpaired) electrons. The van der Waals surface area contributed by atoms with Gasteiger partial charge in [0.1, 0.15) is 11.6 Å². The molecule has 5 nitrogen and oxygen atoms in total. The molecule has 0 saturated carbocycles. The van der Waals surface area contributed by atoms with Crippen LogP contribution in [0.1, 0.15) is 22.8 Å². The standard InChI is InChI=1S/C20H22FNO4S/c1-26-18-9-5-2-6-15(18)14-20(23)22-11-10-19(27(24,25)13-12-22)16-7-3-4-8-17(16)21/h2-9,19H,10-14H2,1H3/t19-/m1/s1. The third-order valence-corrected chi connectivity index (χ3v) is 6.99. The average molecular weight is 391 g/mol. The van der Waals surface area contributed by atoms with E-state index in [4.69, 9.17) is 4.74 Å². The summed E-state index contributed by atoms with van der Waals surface area (Å²) in [5.74, 6) is -0.245. The topological polar surface area (TPSA) is 63.7 Å². The fraction of sp³-hybridized carbons (Fsp3) is 0.350. The van der Waals surface area contributed by atoms with Crippen LogP contribution in [0.3, 0.4) is 0 Å². The Morgan fingerprint density at radius 3 is 2.59 bits per heavy atom. The second-order valence-electron chi connectivity index (χ2n) is 6.54. The number of halogens is 1. The van der Waals surface area contributed by atoms with Crippen molar-refractivity contribution in [3.05, 3.63) is 65.5 Å². The zero-order chi connectivity index (χ0) is 19.4. The summed E-state index contributed by atoms with van der Waals surface area (Å²) >= 11 is 0. The van der Waals surface area contributed by atoms with Crippen LogP contribution >= 0.6 is 0 Å². The van der Waals surface area contributed by atoms with Crippen LogP contribution in [0.4, 0.5) is 4.39 Å². The summed E-state index contributed by atoms with van der Waals surface area (Å²) in [6, 6.07) is 13.2. The quantitative estimate of drug-likeness (QED) is 0.804. The second-order valence-corrected chi connectivity index (χ2v) is 8.84. The molecular weight excluding hydrogens is 369 g/mol. The minimum atomic E-state index is -3.55. The van der Waals surface area contributed by atoms with Crippen LogP contribution in [0.5, 0.6) is 5.75 Å². The van der Waals surface area contributed by atoms with Crippen LogP contribution in [0.2, 0.25) is 0 Å². The zero-order valence-electron chi connectivity index (χ0n) is 15.1. The van der Waals surface area contributed by atoms with Crippen LogP contribution in [0, 0.1) is 5.82 Å². The minimum Gasteiger partial charge on any atom is -0.496 e. The number of carbonyl (C=O) groups excluding carboxylic acids is 1. The molecule has 0 aliphatic carbocycles. The van der Waals surface area contributed by atoms with Crippen molar-refractivity contribution < 1.29 is 22.3 Å². The monoisotopic (exact) mass is 391 g/mol. The number of hydrogen-bond acceptors (Lipinski definition) is 4. The van der Waals surface area contributed by atoms with Gasteiger partial charge in [-0.05, 0) is 18.6 Å². The number of rotatable bonds is 4. The molecule has 3 rings (SSSR count). The summed E-state index contributed by atoms with van der Waals surface area (Å²) in [4.78, 5) is 14.3. The van der Waals surface area contributed by atoms with E-state index in [1.165, 1.54) is 18.2 Å². The maximum Gasteiger partial charge on any atom is 0.227 e. The van der Waals surface area contributed by atoms with E-state index in [2.05, 4.69) is 0 Å². The van der Waals surface area contributed by atoms with Gasteiger partial charge in [0.05, 0.1) is 24.5 Å². The maximum atomic E-state index is 14.1. The van der Waals surface area contributed by atoms with Crippen molar-refractivity contribution in [1.82, 2.24) is 4.90 Å². The van der Waals surface area contributed by atoms with Gasteiger partial charge in [-0.2, -0.15) is 0 Å². The predicted molar refractivity (Wildman–Crippen MR) is 101 cm³/mol. The molecule has 1 heterocycles. The molecule has 1 saturated heterocycles. The van der Waals surface area contributed by atoms with E-state index in [9.17, 15) is 17.6 Å². The SMILES string of the molecule is COc1ccccc1CC(=O)N1CC[C@H](c2ccccc2F)S(=O)(=O)CC1. The maximum absolute atomic E-state index is 14.1. The number of hydrogen-bond donors (Lipinski definition) is 0. The molecule has 1 atom stereocenters. The van der Waals surface area contributed by atoms with Crippen molar-refractivity contribution in [3.63, 3.8) is 0 Å². The highest BCUT2D eigenvalue weighted by atomic mass is 32.2. The Hall–Kier alpha value is -2.41. The van der Waals surface area contributed by atoms with Crippen molar-refractivity contribution in [2.45, 2.75) is 18.1 Å². The van der Waals surface area contributed by atoms with Crippen molar-refractivity contribution in [1.29, 1.82) is 0 Å². The molecule has 1 aliphatic heterocycles. The van der Waals surface area contributed by atoms with Gasteiger partial charge in [0, 0.05) is 24.2 Å².